The van der Waals surface area contributed by atoms with E-state index in [0.717, 1.165) is 37.7 Å². The molecule has 3 amide bonds. The lowest BCUT2D eigenvalue weighted by Crippen LogP contribution is -2.48. The summed E-state index contributed by atoms with van der Waals surface area (Å²) in [5, 5.41) is 5.49. The largest absolute Gasteiger partial charge is 0.345 e. The van der Waals surface area contributed by atoms with Gasteiger partial charge in [-0.15, -0.1) is 0 Å². The molecule has 1 aromatic carbocycles. The van der Waals surface area contributed by atoms with Gasteiger partial charge in [-0.1, -0.05) is 57.1 Å². The van der Waals surface area contributed by atoms with E-state index in [9.17, 15) is 14.4 Å². The number of aryl methyl sites for hydroxylation is 1. The predicted molar refractivity (Wildman–Crippen MR) is 123 cm³/mol. The molecule has 2 aliphatic rings. The molecule has 2 saturated carbocycles. The number of rotatable bonds is 9. The van der Waals surface area contributed by atoms with Crippen molar-refractivity contribution in [1.29, 1.82) is 0 Å². The highest BCUT2D eigenvalue weighted by molar-refractivity contribution is 5.95. The summed E-state index contributed by atoms with van der Waals surface area (Å²) in [5.41, 5.74) is 1.77. The lowest BCUT2D eigenvalue weighted by molar-refractivity contribution is -0.139. The van der Waals surface area contributed by atoms with Crippen molar-refractivity contribution in [2.75, 3.05) is 18.4 Å². The summed E-state index contributed by atoms with van der Waals surface area (Å²) in [5.74, 6) is 0.226. The highest BCUT2D eigenvalue weighted by Crippen LogP contribution is 2.29. The Morgan fingerprint density at radius 1 is 0.968 bits per heavy atom. The zero-order valence-corrected chi connectivity index (χ0v) is 18.8. The average molecular weight is 428 g/mol. The fraction of sp³-hybridized carbons (Fsp3) is 0.640. The van der Waals surface area contributed by atoms with Crippen LogP contribution in [0.4, 0.5) is 5.69 Å². The van der Waals surface area contributed by atoms with Crippen LogP contribution in [0.2, 0.25) is 0 Å². The van der Waals surface area contributed by atoms with Crippen LogP contribution in [0.25, 0.3) is 0 Å². The van der Waals surface area contributed by atoms with E-state index >= 15 is 0 Å². The van der Waals surface area contributed by atoms with Crippen LogP contribution in [0.3, 0.4) is 0 Å². The van der Waals surface area contributed by atoms with Gasteiger partial charge < -0.3 is 15.5 Å². The first-order chi connectivity index (χ1) is 15.0. The maximum absolute atomic E-state index is 13.0. The smallest absolute Gasteiger partial charge is 0.243 e. The maximum Gasteiger partial charge on any atom is 0.243 e. The van der Waals surface area contributed by atoms with Crippen LogP contribution in [0, 0.1) is 12.8 Å². The standard InChI is InChI=1S/C25H37N3O3/c1-19-8-7-11-21(16-19)27-23(29)17-26-24(30)18-28(22-12-3-2-4-13-22)25(31)15-14-20-9-5-6-10-20/h7-8,11,16,20,22H,2-6,9-10,12-15,17-18H2,1H3,(H,26,30)(H,27,29). The van der Waals surface area contributed by atoms with Gasteiger partial charge in [-0.05, 0) is 49.8 Å². The normalized spacial score (nSPS) is 17.3. The van der Waals surface area contributed by atoms with Gasteiger partial charge >= 0.3 is 0 Å². The van der Waals surface area contributed by atoms with Crippen LogP contribution < -0.4 is 10.6 Å². The Morgan fingerprint density at radius 2 is 1.68 bits per heavy atom. The lowest BCUT2D eigenvalue weighted by Gasteiger charge is -2.34. The number of amides is 3. The summed E-state index contributed by atoms with van der Waals surface area (Å²) >= 11 is 0. The highest BCUT2D eigenvalue weighted by Gasteiger charge is 2.28. The van der Waals surface area contributed by atoms with Crippen LogP contribution in [-0.4, -0.2) is 41.8 Å². The molecule has 0 atom stereocenters. The Balaban J connectivity index is 1.49. The van der Waals surface area contributed by atoms with Gasteiger partial charge in [0.2, 0.25) is 17.7 Å². The van der Waals surface area contributed by atoms with Crippen molar-refractivity contribution in [1.82, 2.24) is 10.2 Å². The van der Waals surface area contributed by atoms with E-state index in [4.69, 9.17) is 0 Å². The maximum atomic E-state index is 13.0. The number of benzene rings is 1. The molecule has 3 rings (SSSR count). The summed E-state index contributed by atoms with van der Waals surface area (Å²) in [6.45, 7) is 1.91. The van der Waals surface area contributed by atoms with Crippen molar-refractivity contribution in [3.8, 4) is 0 Å². The number of hydrogen-bond donors (Lipinski definition) is 2. The quantitative estimate of drug-likeness (QED) is 0.620. The van der Waals surface area contributed by atoms with Crippen molar-refractivity contribution in [2.45, 2.75) is 83.6 Å². The monoisotopic (exact) mass is 427 g/mol. The molecule has 0 unspecified atom stereocenters. The second-order valence-corrected chi connectivity index (χ2v) is 9.20. The first kappa shape index (κ1) is 23.3. The first-order valence-corrected chi connectivity index (χ1v) is 11.9. The lowest BCUT2D eigenvalue weighted by atomic mass is 9.93. The molecule has 0 bridgehead atoms. The summed E-state index contributed by atoms with van der Waals surface area (Å²) < 4.78 is 0. The SMILES string of the molecule is Cc1cccc(NC(=O)CNC(=O)CN(C(=O)CCC2CCCC2)C2CCCCC2)c1. The van der Waals surface area contributed by atoms with Crippen LogP contribution in [0.5, 0.6) is 0 Å². The second kappa shape index (κ2) is 11.9. The third kappa shape index (κ3) is 7.67. The van der Waals surface area contributed by atoms with Gasteiger partial charge in [0.1, 0.15) is 0 Å². The highest BCUT2D eigenvalue weighted by atomic mass is 16.2. The molecule has 0 aliphatic heterocycles. The number of hydrogen-bond acceptors (Lipinski definition) is 3. The molecule has 0 spiro atoms. The molecule has 6 heteroatoms. The van der Waals surface area contributed by atoms with E-state index in [-0.39, 0.29) is 36.9 Å². The van der Waals surface area contributed by atoms with E-state index in [1.54, 1.807) is 4.90 Å². The molecular weight excluding hydrogens is 390 g/mol. The molecule has 0 aromatic heterocycles. The first-order valence-electron chi connectivity index (χ1n) is 11.9. The summed E-state index contributed by atoms with van der Waals surface area (Å²) in [6, 6.07) is 7.69. The summed E-state index contributed by atoms with van der Waals surface area (Å²) in [6.07, 6.45) is 11.8. The average Bonchev–Trinajstić information content (AvgIpc) is 3.29. The number of nitrogens with zero attached hydrogens (tertiary/aromatic N) is 1. The van der Waals surface area contributed by atoms with E-state index in [2.05, 4.69) is 10.6 Å². The molecule has 1 aromatic rings. The molecule has 2 N–H and O–H groups in total. The molecule has 2 fully saturated rings. The number of nitrogens with one attached hydrogen (secondary N) is 2. The fourth-order valence-corrected chi connectivity index (χ4v) is 4.90. The third-order valence-corrected chi connectivity index (χ3v) is 6.64. The van der Waals surface area contributed by atoms with Crippen molar-refractivity contribution < 1.29 is 14.4 Å². The van der Waals surface area contributed by atoms with Crippen molar-refractivity contribution >= 4 is 23.4 Å². The Labute approximate surface area is 186 Å². The minimum absolute atomic E-state index is 0.0475. The number of carbonyl (C=O) groups is 3. The van der Waals surface area contributed by atoms with Gasteiger partial charge in [-0.25, -0.2) is 0 Å². The van der Waals surface area contributed by atoms with E-state index in [0.29, 0.717) is 18.0 Å². The Kier molecular flexibility index (Phi) is 8.92. The third-order valence-electron chi connectivity index (χ3n) is 6.64. The Bertz CT molecular complexity index is 752. The van der Waals surface area contributed by atoms with Gasteiger partial charge in [0.15, 0.2) is 0 Å². The molecule has 0 saturated heterocycles. The number of carbonyl (C=O) groups excluding carboxylic acids is 3. The molecule has 0 radical (unpaired) electrons. The van der Waals surface area contributed by atoms with Crippen molar-refractivity contribution in [3.63, 3.8) is 0 Å². The zero-order valence-electron chi connectivity index (χ0n) is 18.8. The topological polar surface area (TPSA) is 78.5 Å². The van der Waals surface area contributed by atoms with Gasteiger partial charge in [0.25, 0.3) is 0 Å². The van der Waals surface area contributed by atoms with Gasteiger partial charge in [0, 0.05) is 18.2 Å². The second-order valence-electron chi connectivity index (χ2n) is 9.20. The Morgan fingerprint density at radius 3 is 2.39 bits per heavy atom. The van der Waals surface area contributed by atoms with Crippen LogP contribution in [0.15, 0.2) is 24.3 Å². The van der Waals surface area contributed by atoms with Crippen molar-refractivity contribution in [2.24, 2.45) is 5.92 Å². The predicted octanol–water partition coefficient (Wildman–Crippen LogP) is 4.18. The summed E-state index contributed by atoms with van der Waals surface area (Å²) in [7, 11) is 0. The van der Waals surface area contributed by atoms with Crippen LogP contribution in [-0.2, 0) is 14.4 Å². The van der Waals surface area contributed by atoms with E-state index in [1.807, 2.05) is 31.2 Å². The van der Waals surface area contributed by atoms with Gasteiger partial charge in [0.05, 0.1) is 13.1 Å². The molecule has 6 nitrogen and oxygen atoms in total. The molecule has 31 heavy (non-hydrogen) atoms. The molecule has 0 heterocycles. The van der Waals surface area contributed by atoms with Crippen LogP contribution >= 0.6 is 0 Å². The summed E-state index contributed by atoms with van der Waals surface area (Å²) in [4.78, 5) is 39.6. The van der Waals surface area contributed by atoms with Crippen molar-refractivity contribution in [3.05, 3.63) is 29.8 Å². The molecular formula is C25H37N3O3. The van der Waals surface area contributed by atoms with Gasteiger partial charge in [-0.3, -0.25) is 14.4 Å². The number of anilines is 1. The minimum Gasteiger partial charge on any atom is -0.345 e. The van der Waals surface area contributed by atoms with E-state index in [1.165, 1.54) is 32.1 Å². The fourth-order valence-electron chi connectivity index (χ4n) is 4.90. The Hall–Kier alpha value is -2.37. The zero-order chi connectivity index (χ0) is 22.1. The van der Waals surface area contributed by atoms with Gasteiger partial charge in [-0.2, -0.15) is 0 Å². The minimum atomic E-state index is -0.268. The molecule has 2 aliphatic carbocycles. The van der Waals surface area contributed by atoms with Crippen LogP contribution in [0.1, 0.15) is 76.2 Å². The van der Waals surface area contributed by atoms with E-state index < -0.39 is 0 Å². The molecule has 170 valence electrons.